The lowest BCUT2D eigenvalue weighted by Crippen LogP contribution is -2.31. The summed E-state index contributed by atoms with van der Waals surface area (Å²) in [7, 11) is -1.12. The third-order valence-electron chi connectivity index (χ3n) is 8.79. The van der Waals surface area contributed by atoms with Crippen molar-refractivity contribution in [1.82, 2.24) is 19.7 Å². The van der Waals surface area contributed by atoms with E-state index in [-0.39, 0.29) is 11.8 Å². The van der Waals surface area contributed by atoms with Crippen LogP contribution in [0.1, 0.15) is 48.8 Å². The maximum Gasteiger partial charge on any atom is 0.235 e. The Labute approximate surface area is 258 Å². The van der Waals surface area contributed by atoms with E-state index < -0.39 is 8.07 Å². The lowest BCUT2D eigenvalue weighted by atomic mass is 9.82. The number of nitrogens with zero attached hydrogens (tertiary/aromatic N) is 3. The number of H-pyrrole nitrogens is 1. The molecule has 0 radical (unpaired) electrons. The normalized spacial score (nSPS) is 16.4. The zero-order valence-electron chi connectivity index (χ0n) is 25.3. The van der Waals surface area contributed by atoms with Crippen LogP contribution >= 0.6 is 15.9 Å². The number of aromatic amines is 1. The van der Waals surface area contributed by atoms with Gasteiger partial charge in [-0.2, -0.15) is 5.10 Å². The van der Waals surface area contributed by atoms with E-state index in [4.69, 9.17) is 14.8 Å². The van der Waals surface area contributed by atoms with Gasteiger partial charge < -0.3 is 15.0 Å². The van der Waals surface area contributed by atoms with Crippen LogP contribution in [0.15, 0.2) is 46.9 Å². The number of rotatable bonds is 12. The minimum Gasteiger partial charge on any atom is -0.360 e. The monoisotopic (exact) mass is 647 g/mol. The van der Waals surface area contributed by atoms with Crippen molar-refractivity contribution in [3.05, 3.63) is 64.1 Å². The minimum atomic E-state index is -1.12. The summed E-state index contributed by atoms with van der Waals surface area (Å²) in [4.78, 5) is 22.4. The van der Waals surface area contributed by atoms with Gasteiger partial charge in [0.05, 0.1) is 22.6 Å². The van der Waals surface area contributed by atoms with Gasteiger partial charge >= 0.3 is 0 Å². The summed E-state index contributed by atoms with van der Waals surface area (Å²) in [6, 6.07) is 15.3. The van der Waals surface area contributed by atoms with Crippen LogP contribution in [-0.2, 0) is 16.3 Å². The maximum atomic E-state index is 14.0. The minimum absolute atomic E-state index is 0.0281. The maximum absolute atomic E-state index is 14.0. The molecule has 6 rings (SSSR count). The first-order chi connectivity index (χ1) is 20.1. The predicted molar refractivity (Wildman–Crippen MR) is 175 cm³/mol. The van der Waals surface area contributed by atoms with Crippen LogP contribution in [0.5, 0.6) is 0 Å². The first-order valence-electron chi connectivity index (χ1n) is 15.3. The summed E-state index contributed by atoms with van der Waals surface area (Å²) in [5.74, 6) is 2.07. The molecule has 0 spiro atoms. The van der Waals surface area contributed by atoms with E-state index in [1.807, 2.05) is 41.9 Å². The lowest BCUT2D eigenvalue weighted by molar-refractivity contribution is -0.119. The number of fused-ring (bicyclic) bond motifs is 1. The van der Waals surface area contributed by atoms with Crippen molar-refractivity contribution in [2.45, 2.75) is 77.9 Å². The Morgan fingerprint density at radius 2 is 1.79 bits per heavy atom. The molecule has 2 saturated carbocycles. The Morgan fingerprint density at radius 3 is 2.43 bits per heavy atom. The molecule has 2 aromatic carbocycles. The Balaban J connectivity index is 1.19. The van der Waals surface area contributed by atoms with E-state index in [0.29, 0.717) is 24.5 Å². The first-order valence-corrected chi connectivity index (χ1v) is 19.8. The zero-order valence-corrected chi connectivity index (χ0v) is 27.9. The molecule has 1 unspecified atom stereocenters. The van der Waals surface area contributed by atoms with Crippen molar-refractivity contribution in [3.8, 4) is 11.1 Å². The second-order valence-corrected chi connectivity index (χ2v) is 20.0. The molecule has 2 heterocycles. The summed E-state index contributed by atoms with van der Waals surface area (Å²) in [5.41, 5.74) is 6.93. The Hall–Kier alpha value is -2.75. The molecule has 0 aliphatic heterocycles. The molecule has 0 bridgehead atoms. The van der Waals surface area contributed by atoms with E-state index in [2.05, 4.69) is 64.9 Å². The molecule has 2 aromatic heterocycles. The van der Waals surface area contributed by atoms with Crippen LogP contribution < -0.4 is 5.32 Å². The molecule has 4 aromatic rings. The number of aromatic nitrogens is 4. The molecule has 2 N–H and O–H groups in total. The number of benzene rings is 2. The van der Waals surface area contributed by atoms with E-state index >= 15 is 0 Å². The predicted octanol–water partition coefficient (Wildman–Crippen LogP) is 8.28. The molecule has 0 saturated heterocycles. The molecule has 9 heteroatoms. The van der Waals surface area contributed by atoms with Crippen LogP contribution in [-0.4, -0.2) is 40.3 Å². The number of carbonyl (C=O) groups excluding carboxylic acids is 1. The van der Waals surface area contributed by atoms with Crippen LogP contribution in [0.2, 0.25) is 25.7 Å². The summed E-state index contributed by atoms with van der Waals surface area (Å²) in [6.45, 7) is 12.5. The third kappa shape index (κ3) is 6.58. The molecule has 222 valence electrons. The van der Waals surface area contributed by atoms with Gasteiger partial charge in [0, 0.05) is 36.1 Å². The van der Waals surface area contributed by atoms with E-state index in [1.165, 1.54) is 25.7 Å². The average molecular weight is 649 g/mol. The highest BCUT2D eigenvalue weighted by atomic mass is 79.9. The van der Waals surface area contributed by atoms with Gasteiger partial charge in [0.15, 0.2) is 0 Å². The molecule has 2 aliphatic rings. The number of imidazole rings is 1. The number of ether oxygens (including phenoxy) is 1. The first kappa shape index (κ1) is 29.3. The van der Waals surface area contributed by atoms with E-state index in [1.54, 1.807) is 0 Å². The van der Waals surface area contributed by atoms with Gasteiger partial charge in [-0.1, -0.05) is 47.7 Å². The van der Waals surface area contributed by atoms with Crippen LogP contribution in [0, 0.1) is 31.6 Å². The molecular weight excluding hydrogens is 606 g/mol. The van der Waals surface area contributed by atoms with Gasteiger partial charge in [-0.25, -0.2) is 9.67 Å². The fraction of sp³-hybridized carbons (Fsp3) is 0.485. The number of aryl methyl sites for hydroxylation is 1. The largest absolute Gasteiger partial charge is 0.360 e. The molecule has 1 atom stereocenters. The van der Waals surface area contributed by atoms with Gasteiger partial charge in [-0.3, -0.25) is 4.79 Å². The molecule has 1 amide bonds. The van der Waals surface area contributed by atoms with Crippen molar-refractivity contribution < 1.29 is 9.53 Å². The number of nitrogens with one attached hydrogen (secondary N) is 2. The van der Waals surface area contributed by atoms with Gasteiger partial charge in [-0.15, -0.1) is 0 Å². The Kier molecular flexibility index (Phi) is 8.19. The van der Waals surface area contributed by atoms with Crippen molar-refractivity contribution in [2.75, 3.05) is 11.9 Å². The second kappa shape index (κ2) is 11.7. The zero-order chi connectivity index (χ0) is 29.6. The summed E-state index contributed by atoms with van der Waals surface area (Å²) < 4.78 is 8.92. The highest BCUT2D eigenvalue weighted by Crippen LogP contribution is 2.54. The van der Waals surface area contributed by atoms with Crippen LogP contribution in [0.4, 0.5) is 5.69 Å². The standard InChI is InChI=1S/C33H42BrN5O2Si/c1-20-29(21(2)39(38-20)19-41-16-17-42(3,4)5)22-10-13-26(14-11-22)35-33(40)31(30(23-6-7-23)24-8-9-24)32-36-27-15-12-25(34)18-28(27)37-32/h10-15,18,23-24,30-31H,6-9,16-17,19H2,1-5H3,(H,35,40)(H,36,37). The quantitative estimate of drug-likeness (QED) is 0.120. The van der Waals surface area contributed by atoms with Gasteiger partial charge in [0.2, 0.25) is 5.91 Å². The summed E-state index contributed by atoms with van der Waals surface area (Å²) in [6.07, 6.45) is 4.84. The summed E-state index contributed by atoms with van der Waals surface area (Å²) in [5, 5.41) is 8.01. The van der Waals surface area contributed by atoms with Crippen LogP contribution in [0.25, 0.3) is 22.2 Å². The van der Waals surface area contributed by atoms with Crippen molar-refractivity contribution in [1.29, 1.82) is 0 Å². The number of amides is 1. The molecule has 2 aliphatic carbocycles. The topological polar surface area (TPSA) is 84.8 Å². The highest BCUT2D eigenvalue weighted by Gasteiger charge is 2.49. The van der Waals surface area contributed by atoms with Gasteiger partial charge in [-0.05, 0) is 99.2 Å². The number of halogens is 1. The van der Waals surface area contributed by atoms with E-state index in [0.717, 1.165) is 62.2 Å². The molecular formula is C33H42BrN5O2Si. The second-order valence-electron chi connectivity index (χ2n) is 13.5. The van der Waals surface area contributed by atoms with E-state index in [9.17, 15) is 4.79 Å². The van der Waals surface area contributed by atoms with Gasteiger partial charge in [0.1, 0.15) is 12.6 Å². The fourth-order valence-corrected chi connectivity index (χ4v) is 7.35. The van der Waals surface area contributed by atoms with Crippen molar-refractivity contribution >= 4 is 46.6 Å². The molecule has 42 heavy (non-hydrogen) atoms. The number of hydrogen-bond acceptors (Lipinski definition) is 4. The van der Waals surface area contributed by atoms with Gasteiger partial charge in [0.25, 0.3) is 0 Å². The lowest BCUT2D eigenvalue weighted by Gasteiger charge is -2.25. The average Bonchev–Trinajstić information content (AvgIpc) is 3.87. The Morgan fingerprint density at radius 1 is 1.10 bits per heavy atom. The number of carbonyl (C=O) groups is 1. The van der Waals surface area contributed by atoms with Crippen LogP contribution in [0.3, 0.4) is 0 Å². The smallest absolute Gasteiger partial charge is 0.235 e. The highest BCUT2D eigenvalue weighted by molar-refractivity contribution is 9.10. The summed E-state index contributed by atoms with van der Waals surface area (Å²) >= 11 is 3.56. The molecule has 2 fully saturated rings. The fourth-order valence-electron chi connectivity index (χ4n) is 6.23. The third-order valence-corrected chi connectivity index (χ3v) is 11.0. The molecule has 7 nitrogen and oxygen atoms in total. The number of anilines is 1. The number of hydrogen-bond donors (Lipinski definition) is 2. The van der Waals surface area contributed by atoms with Crippen molar-refractivity contribution in [3.63, 3.8) is 0 Å². The SMILES string of the molecule is Cc1nn(COCC[Si](C)(C)C)c(C)c1-c1ccc(NC(=O)C(c2nc3ccc(Br)cc3[nH]2)C(C2CC2)C2CC2)cc1. The Bertz CT molecular complexity index is 1570. The van der Waals surface area contributed by atoms with Crippen molar-refractivity contribution in [2.24, 2.45) is 17.8 Å².